The molecule has 0 aliphatic rings. The van der Waals surface area contributed by atoms with Gasteiger partial charge < -0.3 is 5.11 Å². The molecule has 3 aromatic rings. The lowest BCUT2D eigenvalue weighted by atomic mass is 10.2. The number of benzene rings is 1. The molecule has 0 saturated heterocycles. The number of carboxylic acids is 1. The van der Waals surface area contributed by atoms with Gasteiger partial charge in [-0.15, -0.1) is 0 Å². The molecule has 0 unspecified atom stereocenters. The van der Waals surface area contributed by atoms with E-state index in [1.165, 1.54) is 6.07 Å². The number of aryl methyl sites for hydroxylation is 1. The van der Waals surface area contributed by atoms with Gasteiger partial charge in [0.2, 0.25) is 0 Å². The van der Waals surface area contributed by atoms with Crippen molar-refractivity contribution in [2.75, 3.05) is 0 Å². The quantitative estimate of drug-likeness (QED) is 0.778. The summed E-state index contributed by atoms with van der Waals surface area (Å²) in [6.07, 6.45) is 1.68. The summed E-state index contributed by atoms with van der Waals surface area (Å²) in [4.78, 5) is 15.4. The Balaban J connectivity index is 2.41. The van der Waals surface area contributed by atoms with E-state index in [0.717, 1.165) is 5.56 Å². The fourth-order valence-corrected chi connectivity index (χ4v) is 2.29. The Bertz CT molecular complexity index is 824. The minimum Gasteiger partial charge on any atom is -0.476 e. The van der Waals surface area contributed by atoms with Crippen LogP contribution in [0.5, 0.6) is 0 Å². The molecule has 100 valence electrons. The SMILES string of the molecule is Cc1cccn2c(-c3ccccc3F)nc(C(=O)O)c12. The van der Waals surface area contributed by atoms with Crippen LogP contribution in [0.15, 0.2) is 42.6 Å². The molecule has 0 amide bonds. The molecule has 0 aliphatic heterocycles. The van der Waals surface area contributed by atoms with Gasteiger partial charge in [-0.25, -0.2) is 14.2 Å². The first kappa shape index (κ1) is 12.3. The van der Waals surface area contributed by atoms with Gasteiger partial charge in [0, 0.05) is 6.20 Å². The van der Waals surface area contributed by atoms with Crippen molar-refractivity contribution in [2.24, 2.45) is 0 Å². The van der Waals surface area contributed by atoms with Crippen molar-refractivity contribution in [2.45, 2.75) is 6.92 Å². The highest BCUT2D eigenvalue weighted by Crippen LogP contribution is 2.26. The van der Waals surface area contributed by atoms with Crippen LogP contribution in [0.25, 0.3) is 16.9 Å². The average Bonchev–Trinajstić information content (AvgIpc) is 2.80. The maximum Gasteiger partial charge on any atom is 0.356 e. The maximum atomic E-state index is 13.9. The summed E-state index contributed by atoms with van der Waals surface area (Å²) in [5, 5.41) is 9.27. The van der Waals surface area contributed by atoms with Crippen molar-refractivity contribution < 1.29 is 14.3 Å². The van der Waals surface area contributed by atoms with Gasteiger partial charge in [-0.1, -0.05) is 18.2 Å². The fraction of sp³-hybridized carbons (Fsp3) is 0.0667. The highest BCUT2D eigenvalue weighted by atomic mass is 19.1. The van der Waals surface area contributed by atoms with Gasteiger partial charge in [-0.05, 0) is 30.7 Å². The Morgan fingerprint density at radius 2 is 2.00 bits per heavy atom. The van der Waals surface area contributed by atoms with Crippen molar-refractivity contribution in [3.05, 3.63) is 59.7 Å². The minimum atomic E-state index is -1.13. The fourth-order valence-electron chi connectivity index (χ4n) is 2.29. The van der Waals surface area contributed by atoms with E-state index in [-0.39, 0.29) is 11.3 Å². The van der Waals surface area contributed by atoms with Crippen LogP contribution >= 0.6 is 0 Å². The van der Waals surface area contributed by atoms with Crippen molar-refractivity contribution in [3.63, 3.8) is 0 Å². The minimum absolute atomic E-state index is 0.0682. The molecule has 2 heterocycles. The second-order valence-electron chi connectivity index (χ2n) is 4.48. The summed E-state index contributed by atoms with van der Waals surface area (Å²) in [7, 11) is 0. The summed E-state index contributed by atoms with van der Waals surface area (Å²) >= 11 is 0. The van der Waals surface area contributed by atoms with E-state index in [0.29, 0.717) is 11.3 Å². The molecule has 0 fully saturated rings. The number of imidazole rings is 1. The van der Waals surface area contributed by atoms with E-state index in [2.05, 4.69) is 4.98 Å². The smallest absolute Gasteiger partial charge is 0.356 e. The van der Waals surface area contributed by atoms with Crippen LogP contribution in [-0.4, -0.2) is 20.5 Å². The molecule has 4 nitrogen and oxygen atoms in total. The Labute approximate surface area is 114 Å². The molecule has 3 rings (SSSR count). The monoisotopic (exact) mass is 270 g/mol. The molecule has 0 bridgehead atoms. The molecule has 2 aromatic heterocycles. The average molecular weight is 270 g/mol. The number of pyridine rings is 1. The summed E-state index contributed by atoms with van der Waals surface area (Å²) in [6, 6.07) is 9.76. The number of aromatic nitrogens is 2. The van der Waals surface area contributed by atoms with Gasteiger partial charge in [0.15, 0.2) is 5.69 Å². The van der Waals surface area contributed by atoms with Gasteiger partial charge in [-0.3, -0.25) is 4.40 Å². The largest absolute Gasteiger partial charge is 0.476 e. The molecule has 0 spiro atoms. The highest BCUT2D eigenvalue weighted by Gasteiger charge is 2.20. The summed E-state index contributed by atoms with van der Waals surface area (Å²) in [6.45, 7) is 1.80. The van der Waals surface area contributed by atoms with Crippen LogP contribution in [0.1, 0.15) is 16.1 Å². The van der Waals surface area contributed by atoms with Gasteiger partial charge in [0.25, 0.3) is 0 Å². The van der Waals surface area contributed by atoms with Crippen molar-refractivity contribution in [1.29, 1.82) is 0 Å². The highest BCUT2D eigenvalue weighted by molar-refractivity contribution is 5.96. The number of hydrogen-bond acceptors (Lipinski definition) is 2. The predicted octanol–water partition coefficient (Wildman–Crippen LogP) is 3.15. The topological polar surface area (TPSA) is 54.6 Å². The standard InChI is InChI=1S/C15H11FN2O2/c1-9-5-4-8-18-13(9)12(15(19)20)17-14(18)10-6-2-3-7-11(10)16/h2-8H,1H3,(H,19,20). The third-order valence-corrected chi connectivity index (χ3v) is 3.18. The zero-order valence-corrected chi connectivity index (χ0v) is 10.7. The van der Waals surface area contributed by atoms with Gasteiger partial charge in [0.1, 0.15) is 11.6 Å². The van der Waals surface area contributed by atoms with E-state index < -0.39 is 11.8 Å². The first-order valence-corrected chi connectivity index (χ1v) is 6.05. The van der Waals surface area contributed by atoms with Crippen LogP contribution in [0, 0.1) is 12.7 Å². The molecule has 5 heteroatoms. The molecule has 0 saturated carbocycles. The van der Waals surface area contributed by atoms with Crippen LogP contribution in [-0.2, 0) is 0 Å². The Morgan fingerprint density at radius 3 is 2.70 bits per heavy atom. The Hall–Kier alpha value is -2.69. The first-order chi connectivity index (χ1) is 9.59. The first-order valence-electron chi connectivity index (χ1n) is 6.05. The van der Waals surface area contributed by atoms with E-state index in [1.807, 2.05) is 0 Å². The molecule has 20 heavy (non-hydrogen) atoms. The number of carbonyl (C=O) groups is 1. The summed E-state index contributed by atoms with van der Waals surface area (Å²) in [5.74, 6) is -1.27. The number of nitrogens with zero attached hydrogens (tertiary/aromatic N) is 2. The number of halogens is 1. The van der Waals surface area contributed by atoms with Gasteiger partial charge >= 0.3 is 5.97 Å². The van der Waals surface area contributed by atoms with Crippen molar-refractivity contribution >= 4 is 11.5 Å². The molecule has 1 aromatic carbocycles. The van der Waals surface area contributed by atoms with E-state index in [1.54, 1.807) is 47.9 Å². The van der Waals surface area contributed by atoms with Crippen molar-refractivity contribution in [1.82, 2.24) is 9.38 Å². The number of hydrogen-bond donors (Lipinski definition) is 1. The lowest BCUT2D eigenvalue weighted by Gasteiger charge is -2.03. The number of fused-ring (bicyclic) bond motifs is 1. The van der Waals surface area contributed by atoms with E-state index in [4.69, 9.17) is 0 Å². The molecular weight excluding hydrogens is 259 g/mol. The lowest BCUT2D eigenvalue weighted by Crippen LogP contribution is -1.98. The number of aromatic carboxylic acids is 1. The van der Waals surface area contributed by atoms with Crippen LogP contribution in [0.3, 0.4) is 0 Å². The second kappa shape index (κ2) is 4.45. The molecule has 1 N–H and O–H groups in total. The van der Waals surface area contributed by atoms with Crippen LogP contribution in [0.2, 0.25) is 0 Å². The molecular formula is C15H11FN2O2. The number of carboxylic acid groups (broad SMARTS) is 1. The summed E-state index contributed by atoms with van der Waals surface area (Å²) < 4.78 is 15.5. The van der Waals surface area contributed by atoms with Gasteiger partial charge in [0.05, 0.1) is 11.1 Å². The van der Waals surface area contributed by atoms with Crippen LogP contribution < -0.4 is 0 Å². The predicted molar refractivity (Wildman–Crippen MR) is 72.3 cm³/mol. The molecule has 0 aliphatic carbocycles. The van der Waals surface area contributed by atoms with Gasteiger partial charge in [-0.2, -0.15) is 0 Å². The Kier molecular flexibility index (Phi) is 2.75. The lowest BCUT2D eigenvalue weighted by molar-refractivity contribution is 0.0693. The summed E-state index contributed by atoms with van der Waals surface area (Å²) in [5.41, 5.74) is 1.47. The third kappa shape index (κ3) is 1.75. The molecule has 0 radical (unpaired) electrons. The van der Waals surface area contributed by atoms with E-state index in [9.17, 15) is 14.3 Å². The number of rotatable bonds is 2. The zero-order chi connectivity index (χ0) is 14.3. The van der Waals surface area contributed by atoms with E-state index >= 15 is 0 Å². The Morgan fingerprint density at radius 1 is 1.25 bits per heavy atom. The zero-order valence-electron chi connectivity index (χ0n) is 10.7. The second-order valence-corrected chi connectivity index (χ2v) is 4.48. The molecule has 0 atom stereocenters. The third-order valence-electron chi connectivity index (χ3n) is 3.18. The van der Waals surface area contributed by atoms with Crippen LogP contribution in [0.4, 0.5) is 4.39 Å². The van der Waals surface area contributed by atoms with Crippen molar-refractivity contribution in [3.8, 4) is 11.4 Å². The normalized spacial score (nSPS) is 10.9. The maximum absolute atomic E-state index is 13.9.